The summed E-state index contributed by atoms with van der Waals surface area (Å²) in [6.45, 7) is 10.4. The molecular formula is C12H25N3. The Morgan fingerprint density at radius 2 is 2.13 bits per heavy atom. The van der Waals surface area contributed by atoms with Gasteiger partial charge >= 0.3 is 0 Å². The van der Waals surface area contributed by atoms with Gasteiger partial charge in [-0.15, -0.1) is 0 Å². The van der Waals surface area contributed by atoms with Gasteiger partial charge in [-0.2, -0.15) is 0 Å². The maximum absolute atomic E-state index is 5.93. The molecule has 88 valence electrons. The van der Waals surface area contributed by atoms with Crippen LogP contribution in [-0.4, -0.2) is 54.1 Å². The van der Waals surface area contributed by atoms with Crippen LogP contribution in [0.2, 0.25) is 0 Å². The van der Waals surface area contributed by atoms with Crippen molar-refractivity contribution in [2.45, 2.75) is 44.7 Å². The van der Waals surface area contributed by atoms with Crippen molar-refractivity contribution in [1.82, 2.24) is 9.80 Å². The van der Waals surface area contributed by atoms with E-state index in [0.29, 0.717) is 0 Å². The first-order valence-corrected chi connectivity index (χ1v) is 6.39. The van der Waals surface area contributed by atoms with Crippen molar-refractivity contribution in [1.29, 1.82) is 0 Å². The summed E-state index contributed by atoms with van der Waals surface area (Å²) in [7, 11) is 0. The Labute approximate surface area is 93.6 Å². The highest BCUT2D eigenvalue weighted by Gasteiger charge is 2.37. The molecule has 0 radical (unpaired) electrons. The summed E-state index contributed by atoms with van der Waals surface area (Å²) in [6, 6.07) is 0.816. The Bertz CT molecular complexity index is 213. The van der Waals surface area contributed by atoms with E-state index in [-0.39, 0.29) is 5.54 Å². The molecule has 0 aliphatic carbocycles. The number of hydrogen-bond donors (Lipinski definition) is 1. The van der Waals surface area contributed by atoms with Crippen molar-refractivity contribution in [3.63, 3.8) is 0 Å². The molecule has 2 aliphatic heterocycles. The average molecular weight is 211 g/mol. The van der Waals surface area contributed by atoms with Gasteiger partial charge in [0.1, 0.15) is 0 Å². The molecular weight excluding hydrogens is 186 g/mol. The highest BCUT2D eigenvalue weighted by Crippen LogP contribution is 2.27. The third-order valence-corrected chi connectivity index (χ3v) is 4.55. The third kappa shape index (κ3) is 2.05. The Kier molecular flexibility index (Phi) is 3.33. The lowest BCUT2D eigenvalue weighted by Gasteiger charge is -2.47. The lowest BCUT2D eigenvalue weighted by atomic mass is 9.94. The van der Waals surface area contributed by atoms with Gasteiger partial charge < -0.3 is 5.73 Å². The topological polar surface area (TPSA) is 32.5 Å². The van der Waals surface area contributed by atoms with E-state index in [4.69, 9.17) is 5.73 Å². The fourth-order valence-electron chi connectivity index (χ4n) is 2.98. The van der Waals surface area contributed by atoms with Crippen molar-refractivity contribution in [2.24, 2.45) is 5.73 Å². The molecule has 0 bridgehead atoms. The zero-order valence-electron chi connectivity index (χ0n) is 10.2. The SMILES string of the molecule is CCC(C)(CN)N1CCN2CCCC2C1. The van der Waals surface area contributed by atoms with E-state index >= 15 is 0 Å². The average Bonchev–Trinajstić information content (AvgIpc) is 2.74. The molecule has 2 saturated heterocycles. The van der Waals surface area contributed by atoms with Crippen molar-refractivity contribution in [2.75, 3.05) is 32.7 Å². The summed E-state index contributed by atoms with van der Waals surface area (Å²) in [6.07, 6.45) is 3.95. The normalized spacial score (nSPS) is 32.6. The van der Waals surface area contributed by atoms with Gasteiger partial charge in [-0.25, -0.2) is 0 Å². The summed E-state index contributed by atoms with van der Waals surface area (Å²) in [4.78, 5) is 5.28. The second-order valence-electron chi connectivity index (χ2n) is 5.33. The van der Waals surface area contributed by atoms with Crippen LogP contribution in [0, 0.1) is 0 Å². The maximum Gasteiger partial charge on any atom is 0.0302 e. The van der Waals surface area contributed by atoms with Crippen LogP contribution in [0.1, 0.15) is 33.1 Å². The van der Waals surface area contributed by atoms with E-state index in [2.05, 4.69) is 23.6 Å². The molecule has 2 atom stereocenters. The zero-order chi connectivity index (χ0) is 10.9. The van der Waals surface area contributed by atoms with Gasteiger partial charge in [0.05, 0.1) is 0 Å². The van der Waals surface area contributed by atoms with E-state index in [1.54, 1.807) is 0 Å². The largest absolute Gasteiger partial charge is 0.329 e. The molecule has 2 N–H and O–H groups in total. The Hall–Kier alpha value is -0.120. The van der Waals surface area contributed by atoms with Gasteiger partial charge in [0.2, 0.25) is 0 Å². The van der Waals surface area contributed by atoms with Crippen LogP contribution < -0.4 is 5.73 Å². The summed E-state index contributed by atoms with van der Waals surface area (Å²) in [5, 5.41) is 0. The second-order valence-corrected chi connectivity index (χ2v) is 5.33. The maximum atomic E-state index is 5.93. The fourth-order valence-corrected chi connectivity index (χ4v) is 2.98. The van der Waals surface area contributed by atoms with Crippen molar-refractivity contribution >= 4 is 0 Å². The van der Waals surface area contributed by atoms with Crippen LogP contribution in [-0.2, 0) is 0 Å². The standard InChI is InChI=1S/C12H25N3/c1-3-12(2,10-13)15-8-7-14-6-4-5-11(14)9-15/h11H,3-10,13H2,1-2H3. The molecule has 15 heavy (non-hydrogen) atoms. The summed E-state index contributed by atoms with van der Waals surface area (Å²) < 4.78 is 0. The quantitative estimate of drug-likeness (QED) is 0.752. The van der Waals surface area contributed by atoms with Gasteiger partial charge in [0.15, 0.2) is 0 Å². The molecule has 2 rings (SSSR count). The number of nitrogens with two attached hydrogens (primary N) is 1. The smallest absolute Gasteiger partial charge is 0.0302 e. The van der Waals surface area contributed by atoms with Crippen molar-refractivity contribution in [3.8, 4) is 0 Å². The third-order valence-electron chi connectivity index (χ3n) is 4.55. The molecule has 3 nitrogen and oxygen atoms in total. The molecule has 3 heteroatoms. The molecule has 0 aromatic carbocycles. The lowest BCUT2D eigenvalue weighted by Crippen LogP contribution is -2.60. The minimum Gasteiger partial charge on any atom is -0.329 e. The molecule has 0 saturated carbocycles. The molecule has 2 aliphatic rings. The number of nitrogens with zero attached hydrogens (tertiary/aromatic N) is 2. The predicted molar refractivity (Wildman–Crippen MR) is 63.9 cm³/mol. The van der Waals surface area contributed by atoms with E-state index < -0.39 is 0 Å². The minimum atomic E-state index is 0.231. The van der Waals surface area contributed by atoms with Crippen LogP contribution >= 0.6 is 0 Å². The highest BCUT2D eigenvalue weighted by atomic mass is 15.3. The first kappa shape index (κ1) is 11.4. The second kappa shape index (κ2) is 4.40. The van der Waals surface area contributed by atoms with Crippen LogP contribution in [0.5, 0.6) is 0 Å². The molecule has 0 aromatic heterocycles. The van der Waals surface area contributed by atoms with Crippen LogP contribution in [0.3, 0.4) is 0 Å². The fraction of sp³-hybridized carbons (Fsp3) is 1.00. The minimum absolute atomic E-state index is 0.231. The summed E-state index contributed by atoms with van der Waals surface area (Å²) in [5.41, 5.74) is 6.16. The van der Waals surface area contributed by atoms with E-state index in [9.17, 15) is 0 Å². The molecule has 0 amide bonds. The van der Waals surface area contributed by atoms with E-state index in [1.807, 2.05) is 0 Å². The molecule has 2 heterocycles. The predicted octanol–water partition coefficient (Wildman–Crippen LogP) is 0.894. The van der Waals surface area contributed by atoms with Gasteiger partial charge in [-0.05, 0) is 32.7 Å². The lowest BCUT2D eigenvalue weighted by molar-refractivity contribution is 0.0253. The molecule has 0 aromatic rings. The summed E-state index contributed by atoms with van der Waals surface area (Å²) in [5.74, 6) is 0. The van der Waals surface area contributed by atoms with Crippen LogP contribution in [0.15, 0.2) is 0 Å². The monoisotopic (exact) mass is 211 g/mol. The number of piperazine rings is 1. The van der Waals surface area contributed by atoms with E-state index in [1.165, 1.54) is 39.0 Å². The van der Waals surface area contributed by atoms with Gasteiger partial charge in [0.25, 0.3) is 0 Å². The van der Waals surface area contributed by atoms with Crippen LogP contribution in [0.4, 0.5) is 0 Å². The van der Waals surface area contributed by atoms with Gasteiger partial charge in [-0.3, -0.25) is 9.80 Å². The number of hydrogen-bond acceptors (Lipinski definition) is 3. The van der Waals surface area contributed by atoms with Crippen LogP contribution in [0.25, 0.3) is 0 Å². The number of fused-ring (bicyclic) bond motifs is 1. The highest BCUT2D eigenvalue weighted by molar-refractivity contribution is 4.94. The Morgan fingerprint density at radius 1 is 1.33 bits per heavy atom. The van der Waals surface area contributed by atoms with E-state index in [0.717, 1.165) is 19.0 Å². The van der Waals surface area contributed by atoms with Gasteiger partial charge in [-0.1, -0.05) is 6.92 Å². The van der Waals surface area contributed by atoms with Crippen molar-refractivity contribution in [3.05, 3.63) is 0 Å². The molecule has 2 unspecified atom stereocenters. The van der Waals surface area contributed by atoms with Gasteiger partial charge in [0, 0.05) is 37.8 Å². The van der Waals surface area contributed by atoms with Crippen molar-refractivity contribution < 1.29 is 0 Å². The Balaban J connectivity index is 1.99. The first-order chi connectivity index (χ1) is 7.19. The molecule has 2 fully saturated rings. The Morgan fingerprint density at radius 3 is 2.80 bits per heavy atom. The number of rotatable bonds is 3. The zero-order valence-corrected chi connectivity index (χ0v) is 10.2. The summed E-state index contributed by atoms with van der Waals surface area (Å²) >= 11 is 0. The first-order valence-electron chi connectivity index (χ1n) is 6.39. The molecule has 0 spiro atoms.